The Morgan fingerprint density at radius 1 is 1.03 bits per heavy atom. The molecular formula is C23H25FN4O. The summed E-state index contributed by atoms with van der Waals surface area (Å²) in [7, 11) is 1.96. The van der Waals surface area contributed by atoms with Crippen molar-refractivity contribution in [3.8, 4) is 0 Å². The van der Waals surface area contributed by atoms with Crippen LogP contribution in [0.15, 0.2) is 66.9 Å². The van der Waals surface area contributed by atoms with Gasteiger partial charge in [-0.3, -0.25) is 14.4 Å². The fraction of sp³-hybridized carbons (Fsp3) is 0.304. The number of hydrogen-bond acceptors (Lipinski definition) is 3. The van der Waals surface area contributed by atoms with E-state index in [2.05, 4.69) is 40.3 Å². The molecule has 4 rings (SSSR count). The second kappa shape index (κ2) is 8.57. The van der Waals surface area contributed by atoms with Crippen LogP contribution in [0.2, 0.25) is 0 Å². The molecule has 0 spiro atoms. The summed E-state index contributed by atoms with van der Waals surface area (Å²) in [6, 6.07) is 18.8. The third-order valence-corrected chi connectivity index (χ3v) is 5.53. The van der Waals surface area contributed by atoms with Gasteiger partial charge in [-0.1, -0.05) is 42.5 Å². The van der Waals surface area contributed by atoms with Gasteiger partial charge >= 0.3 is 0 Å². The van der Waals surface area contributed by atoms with Gasteiger partial charge in [-0.25, -0.2) is 4.39 Å². The number of aryl methyl sites for hydroxylation is 1. The predicted molar refractivity (Wildman–Crippen MR) is 110 cm³/mol. The molecule has 0 N–H and O–H groups in total. The van der Waals surface area contributed by atoms with Crippen LogP contribution in [0.25, 0.3) is 0 Å². The molecule has 0 bridgehead atoms. The largest absolute Gasteiger partial charge is 0.340 e. The minimum absolute atomic E-state index is 0.0482. The van der Waals surface area contributed by atoms with Gasteiger partial charge in [-0.05, 0) is 29.3 Å². The summed E-state index contributed by atoms with van der Waals surface area (Å²) < 4.78 is 15.3. The first-order valence-corrected chi connectivity index (χ1v) is 9.91. The molecule has 29 heavy (non-hydrogen) atoms. The maximum Gasteiger partial charge on any atom is 0.227 e. The monoisotopic (exact) mass is 392 g/mol. The average molecular weight is 392 g/mol. The van der Waals surface area contributed by atoms with Crippen molar-refractivity contribution >= 4 is 5.91 Å². The van der Waals surface area contributed by atoms with Crippen molar-refractivity contribution in [2.24, 2.45) is 7.05 Å². The van der Waals surface area contributed by atoms with E-state index < -0.39 is 0 Å². The van der Waals surface area contributed by atoms with E-state index >= 15 is 0 Å². The third-order valence-electron chi connectivity index (χ3n) is 5.53. The Kier molecular flexibility index (Phi) is 5.71. The van der Waals surface area contributed by atoms with E-state index in [9.17, 15) is 9.18 Å². The number of carbonyl (C=O) groups is 1. The Bertz CT molecular complexity index is 964. The van der Waals surface area contributed by atoms with E-state index in [1.165, 1.54) is 17.7 Å². The molecule has 6 heteroatoms. The van der Waals surface area contributed by atoms with Gasteiger partial charge in [0.15, 0.2) is 0 Å². The van der Waals surface area contributed by atoms with Crippen LogP contribution in [0.4, 0.5) is 4.39 Å². The van der Waals surface area contributed by atoms with Gasteiger partial charge in [0.1, 0.15) is 5.82 Å². The number of rotatable bonds is 5. The smallest absolute Gasteiger partial charge is 0.227 e. The quantitative estimate of drug-likeness (QED) is 0.670. The molecule has 3 aromatic rings. The molecule has 2 heterocycles. The molecule has 1 aromatic heterocycles. The van der Waals surface area contributed by atoms with Gasteiger partial charge in [-0.15, -0.1) is 0 Å². The van der Waals surface area contributed by atoms with Crippen molar-refractivity contribution in [2.45, 2.75) is 12.5 Å². The number of carbonyl (C=O) groups excluding carboxylic acids is 1. The summed E-state index contributed by atoms with van der Waals surface area (Å²) in [6.45, 7) is 2.88. The Labute approximate surface area is 170 Å². The highest BCUT2D eigenvalue weighted by atomic mass is 19.1. The molecular weight excluding hydrogens is 367 g/mol. The molecule has 5 nitrogen and oxygen atoms in total. The zero-order valence-electron chi connectivity index (χ0n) is 16.5. The molecule has 1 amide bonds. The van der Waals surface area contributed by atoms with Crippen molar-refractivity contribution in [2.75, 3.05) is 26.2 Å². The molecule has 1 aliphatic heterocycles. The number of nitrogens with zero attached hydrogens (tertiary/aromatic N) is 4. The summed E-state index contributed by atoms with van der Waals surface area (Å²) in [4.78, 5) is 17.0. The molecule has 150 valence electrons. The molecule has 1 aliphatic rings. The SMILES string of the molecule is Cn1nccc1C(c1ccccc1)N1CCN(C(=O)Cc2cccc(F)c2)CC1. The van der Waals surface area contributed by atoms with Crippen molar-refractivity contribution in [1.82, 2.24) is 19.6 Å². The van der Waals surface area contributed by atoms with Gasteiger partial charge in [0.05, 0.1) is 18.2 Å². The van der Waals surface area contributed by atoms with Crippen LogP contribution in [0.3, 0.4) is 0 Å². The van der Waals surface area contributed by atoms with Crippen LogP contribution in [-0.4, -0.2) is 51.7 Å². The number of benzene rings is 2. The molecule has 0 saturated carbocycles. The lowest BCUT2D eigenvalue weighted by molar-refractivity contribution is -0.132. The predicted octanol–water partition coefficient (Wildman–Crippen LogP) is 3.04. The van der Waals surface area contributed by atoms with E-state index in [0.717, 1.165) is 24.3 Å². The minimum Gasteiger partial charge on any atom is -0.340 e. The summed E-state index contributed by atoms with van der Waals surface area (Å²) in [5.74, 6) is -0.256. The summed E-state index contributed by atoms with van der Waals surface area (Å²) in [5.41, 5.74) is 3.07. The molecule has 1 atom stereocenters. The average Bonchev–Trinajstić information content (AvgIpc) is 3.15. The Morgan fingerprint density at radius 2 is 1.79 bits per heavy atom. The van der Waals surface area contributed by atoms with Crippen molar-refractivity contribution < 1.29 is 9.18 Å². The molecule has 2 aromatic carbocycles. The van der Waals surface area contributed by atoms with Crippen LogP contribution < -0.4 is 0 Å². The van der Waals surface area contributed by atoms with E-state index in [1.54, 1.807) is 12.1 Å². The molecule has 1 saturated heterocycles. The standard InChI is InChI=1S/C23H25FN4O/c1-26-21(10-11-25-26)23(19-7-3-2-4-8-19)28-14-12-27(13-15-28)22(29)17-18-6-5-9-20(24)16-18/h2-11,16,23H,12-15,17H2,1H3. The lowest BCUT2D eigenvalue weighted by atomic mass is 10.0. The van der Waals surface area contributed by atoms with Crippen LogP contribution in [-0.2, 0) is 18.3 Å². The topological polar surface area (TPSA) is 41.4 Å². The first-order valence-electron chi connectivity index (χ1n) is 9.91. The van der Waals surface area contributed by atoms with Gasteiger partial charge < -0.3 is 4.90 Å². The molecule has 1 unspecified atom stereocenters. The Hall–Kier alpha value is -2.99. The molecule has 0 aliphatic carbocycles. The van der Waals surface area contributed by atoms with E-state index in [-0.39, 0.29) is 24.2 Å². The Balaban J connectivity index is 1.45. The van der Waals surface area contributed by atoms with Crippen molar-refractivity contribution in [1.29, 1.82) is 0 Å². The first-order chi connectivity index (χ1) is 14.1. The number of amides is 1. The van der Waals surface area contributed by atoms with E-state index in [0.29, 0.717) is 13.1 Å². The fourth-order valence-corrected chi connectivity index (χ4v) is 4.02. The number of piperazine rings is 1. The fourth-order valence-electron chi connectivity index (χ4n) is 4.02. The van der Waals surface area contributed by atoms with E-state index in [1.807, 2.05) is 28.9 Å². The minimum atomic E-state index is -0.304. The Morgan fingerprint density at radius 3 is 2.45 bits per heavy atom. The maximum atomic E-state index is 13.4. The second-order valence-electron chi connectivity index (χ2n) is 7.42. The normalized spacial score (nSPS) is 16.0. The summed E-state index contributed by atoms with van der Waals surface area (Å²) >= 11 is 0. The highest BCUT2D eigenvalue weighted by Gasteiger charge is 2.29. The van der Waals surface area contributed by atoms with Gasteiger partial charge in [0.25, 0.3) is 0 Å². The summed E-state index contributed by atoms with van der Waals surface area (Å²) in [6.07, 6.45) is 2.06. The molecule has 0 radical (unpaired) electrons. The maximum absolute atomic E-state index is 13.4. The van der Waals surface area contributed by atoms with Crippen molar-refractivity contribution in [3.63, 3.8) is 0 Å². The lowest BCUT2D eigenvalue weighted by Gasteiger charge is -2.39. The zero-order chi connectivity index (χ0) is 20.2. The van der Waals surface area contributed by atoms with Crippen molar-refractivity contribution in [3.05, 3.63) is 89.5 Å². The zero-order valence-corrected chi connectivity index (χ0v) is 16.5. The highest BCUT2D eigenvalue weighted by Crippen LogP contribution is 2.29. The van der Waals surface area contributed by atoms with Crippen LogP contribution >= 0.6 is 0 Å². The van der Waals surface area contributed by atoms with Crippen LogP contribution in [0.5, 0.6) is 0 Å². The lowest BCUT2D eigenvalue weighted by Crippen LogP contribution is -2.50. The number of hydrogen-bond donors (Lipinski definition) is 0. The third kappa shape index (κ3) is 4.38. The van der Waals surface area contributed by atoms with Crippen LogP contribution in [0.1, 0.15) is 22.9 Å². The van der Waals surface area contributed by atoms with Gasteiger partial charge in [0.2, 0.25) is 5.91 Å². The number of halogens is 1. The van der Waals surface area contributed by atoms with E-state index in [4.69, 9.17) is 0 Å². The highest BCUT2D eigenvalue weighted by molar-refractivity contribution is 5.78. The van der Waals surface area contributed by atoms with Gasteiger partial charge in [0, 0.05) is 39.4 Å². The number of aromatic nitrogens is 2. The van der Waals surface area contributed by atoms with Gasteiger partial charge in [-0.2, -0.15) is 5.10 Å². The first kappa shape index (κ1) is 19.3. The summed E-state index contributed by atoms with van der Waals surface area (Å²) in [5, 5.41) is 4.35. The molecule has 1 fully saturated rings. The second-order valence-corrected chi connectivity index (χ2v) is 7.42. The van der Waals surface area contributed by atoms with Crippen LogP contribution in [0, 0.1) is 5.82 Å².